The molecule has 1 N–H and O–H groups in total. The molecule has 6 nitrogen and oxygen atoms in total. The molecule has 1 atom stereocenters. The molecule has 2 amide bonds. The molecule has 1 fully saturated rings. The van der Waals surface area contributed by atoms with E-state index in [0.717, 1.165) is 18.4 Å². The minimum Gasteiger partial charge on any atom is -0.455 e. The lowest BCUT2D eigenvalue weighted by molar-refractivity contribution is -0.146. The lowest BCUT2D eigenvalue weighted by atomic mass is 9.94. The molecule has 1 aromatic carbocycles. The molecule has 0 spiro atoms. The Balaban J connectivity index is 1.60. The van der Waals surface area contributed by atoms with Crippen molar-refractivity contribution in [2.75, 3.05) is 25.2 Å². The van der Waals surface area contributed by atoms with E-state index in [1.165, 1.54) is 31.0 Å². The van der Waals surface area contributed by atoms with Crippen LogP contribution in [-0.2, 0) is 19.1 Å². The molecule has 28 heavy (non-hydrogen) atoms. The third-order valence-electron chi connectivity index (χ3n) is 5.00. The molecule has 0 radical (unpaired) electrons. The summed E-state index contributed by atoms with van der Waals surface area (Å²) in [4.78, 5) is 37.8. The number of rotatable bonds is 9. The number of carbonyl (C=O) groups is 3. The SMILES string of the molecule is C[C@H](NC(=O)COC(=O)CSCC(=O)N(C)C1CCCCC1)c1ccccc1. The van der Waals surface area contributed by atoms with Gasteiger partial charge in [-0.15, -0.1) is 11.8 Å². The summed E-state index contributed by atoms with van der Waals surface area (Å²) in [6.07, 6.45) is 5.72. The molecule has 0 aromatic heterocycles. The first-order valence-corrected chi connectivity index (χ1v) is 11.0. The van der Waals surface area contributed by atoms with Gasteiger partial charge in [0.1, 0.15) is 0 Å². The first-order valence-electron chi connectivity index (χ1n) is 9.80. The zero-order chi connectivity index (χ0) is 20.4. The number of amides is 2. The van der Waals surface area contributed by atoms with Crippen molar-refractivity contribution in [1.82, 2.24) is 10.2 Å². The summed E-state index contributed by atoms with van der Waals surface area (Å²) in [5, 5.41) is 2.79. The topological polar surface area (TPSA) is 75.7 Å². The Morgan fingerprint density at radius 3 is 2.50 bits per heavy atom. The van der Waals surface area contributed by atoms with Gasteiger partial charge in [-0.05, 0) is 25.3 Å². The van der Waals surface area contributed by atoms with Gasteiger partial charge in [-0.1, -0.05) is 49.6 Å². The van der Waals surface area contributed by atoms with E-state index in [0.29, 0.717) is 6.04 Å². The summed E-state index contributed by atoms with van der Waals surface area (Å²) >= 11 is 1.23. The highest BCUT2D eigenvalue weighted by atomic mass is 32.2. The van der Waals surface area contributed by atoms with Crippen LogP contribution in [-0.4, -0.2) is 53.9 Å². The van der Waals surface area contributed by atoms with Crippen LogP contribution in [0.4, 0.5) is 0 Å². The van der Waals surface area contributed by atoms with Gasteiger partial charge >= 0.3 is 5.97 Å². The van der Waals surface area contributed by atoms with E-state index in [-0.39, 0.29) is 36.0 Å². The van der Waals surface area contributed by atoms with Crippen molar-refractivity contribution in [3.8, 4) is 0 Å². The number of hydrogen-bond donors (Lipinski definition) is 1. The fraction of sp³-hybridized carbons (Fsp3) is 0.571. The number of ether oxygens (including phenoxy) is 1. The van der Waals surface area contributed by atoms with Gasteiger partial charge in [0.2, 0.25) is 5.91 Å². The first-order chi connectivity index (χ1) is 13.5. The van der Waals surface area contributed by atoms with Gasteiger partial charge in [0.25, 0.3) is 5.91 Å². The molecule has 0 unspecified atom stereocenters. The standard InChI is InChI=1S/C21H30N2O4S/c1-16(17-9-5-3-6-10-17)22-19(24)13-27-21(26)15-28-14-20(25)23(2)18-11-7-4-8-12-18/h3,5-6,9-10,16,18H,4,7-8,11-15H2,1-2H3,(H,22,24)/t16-/m0/s1. The summed E-state index contributed by atoms with van der Waals surface area (Å²) in [6, 6.07) is 9.74. The second-order valence-electron chi connectivity index (χ2n) is 7.15. The van der Waals surface area contributed by atoms with Gasteiger partial charge in [-0.25, -0.2) is 0 Å². The van der Waals surface area contributed by atoms with E-state index < -0.39 is 5.97 Å². The fourth-order valence-electron chi connectivity index (χ4n) is 3.29. The Kier molecular flexibility index (Phi) is 9.34. The molecule has 154 valence electrons. The summed E-state index contributed by atoms with van der Waals surface area (Å²) in [6.45, 7) is 1.56. The average molecular weight is 407 g/mol. The maximum absolute atomic E-state index is 12.2. The second kappa shape index (κ2) is 11.7. The van der Waals surface area contributed by atoms with Gasteiger partial charge in [-0.2, -0.15) is 0 Å². The fourth-order valence-corrected chi connectivity index (χ4v) is 4.02. The van der Waals surface area contributed by atoms with Gasteiger partial charge in [-0.3, -0.25) is 14.4 Å². The van der Waals surface area contributed by atoms with E-state index in [2.05, 4.69) is 5.32 Å². The highest BCUT2D eigenvalue weighted by Crippen LogP contribution is 2.22. The molecular weight excluding hydrogens is 376 g/mol. The maximum Gasteiger partial charge on any atom is 0.316 e. The highest BCUT2D eigenvalue weighted by molar-refractivity contribution is 8.00. The van der Waals surface area contributed by atoms with E-state index >= 15 is 0 Å². The van der Waals surface area contributed by atoms with Crippen molar-refractivity contribution in [2.45, 2.75) is 51.1 Å². The van der Waals surface area contributed by atoms with Crippen LogP contribution in [0.1, 0.15) is 50.6 Å². The number of nitrogens with one attached hydrogen (secondary N) is 1. The monoisotopic (exact) mass is 406 g/mol. The predicted molar refractivity (Wildman–Crippen MR) is 111 cm³/mol. The molecule has 2 rings (SSSR count). The third kappa shape index (κ3) is 7.54. The number of nitrogens with zero attached hydrogens (tertiary/aromatic N) is 1. The van der Waals surface area contributed by atoms with Crippen LogP contribution < -0.4 is 5.32 Å². The van der Waals surface area contributed by atoms with E-state index in [1.54, 1.807) is 0 Å². The van der Waals surface area contributed by atoms with E-state index in [4.69, 9.17) is 4.74 Å². The van der Waals surface area contributed by atoms with Crippen LogP contribution >= 0.6 is 11.8 Å². The molecule has 0 aliphatic heterocycles. The zero-order valence-corrected chi connectivity index (χ0v) is 17.5. The van der Waals surface area contributed by atoms with Crippen molar-refractivity contribution in [1.29, 1.82) is 0 Å². The summed E-state index contributed by atoms with van der Waals surface area (Å²) in [5.41, 5.74) is 0.985. The van der Waals surface area contributed by atoms with Crippen LogP contribution in [0, 0.1) is 0 Å². The Morgan fingerprint density at radius 2 is 1.82 bits per heavy atom. The zero-order valence-electron chi connectivity index (χ0n) is 16.7. The van der Waals surface area contributed by atoms with Gasteiger partial charge in [0.05, 0.1) is 17.5 Å². The third-order valence-corrected chi connectivity index (χ3v) is 5.89. The molecular formula is C21H30N2O4S. The molecule has 1 aliphatic carbocycles. The quantitative estimate of drug-likeness (QED) is 0.638. The van der Waals surface area contributed by atoms with Crippen molar-refractivity contribution in [2.24, 2.45) is 0 Å². The Bertz CT molecular complexity index is 647. The van der Waals surface area contributed by atoms with Crippen LogP contribution in [0.5, 0.6) is 0 Å². The molecule has 0 heterocycles. The maximum atomic E-state index is 12.2. The predicted octanol–water partition coefficient (Wildman–Crippen LogP) is 2.93. The van der Waals surface area contributed by atoms with Crippen LogP contribution in [0.3, 0.4) is 0 Å². The van der Waals surface area contributed by atoms with Crippen molar-refractivity contribution in [3.63, 3.8) is 0 Å². The Morgan fingerprint density at radius 1 is 1.14 bits per heavy atom. The van der Waals surface area contributed by atoms with Crippen molar-refractivity contribution < 1.29 is 19.1 Å². The van der Waals surface area contributed by atoms with Gasteiger partial charge in [0.15, 0.2) is 6.61 Å². The number of thioether (sulfide) groups is 1. The molecule has 1 aliphatic rings. The van der Waals surface area contributed by atoms with Crippen LogP contribution in [0.2, 0.25) is 0 Å². The molecule has 0 bridgehead atoms. The van der Waals surface area contributed by atoms with Crippen molar-refractivity contribution in [3.05, 3.63) is 35.9 Å². The first kappa shape index (κ1) is 22.3. The number of hydrogen-bond acceptors (Lipinski definition) is 5. The Labute approximate surface area is 171 Å². The average Bonchev–Trinajstić information content (AvgIpc) is 2.72. The minimum atomic E-state index is -0.486. The molecule has 1 aromatic rings. The second-order valence-corrected chi connectivity index (χ2v) is 8.14. The smallest absolute Gasteiger partial charge is 0.316 e. The van der Waals surface area contributed by atoms with E-state index in [9.17, 15) is 14.4 Å². The Hall–Kier alpha value is -2.02. The van der Waals surface area contributed by atoms with Crippen LogP contribution in [0.15, 0.2) is 30.3 Å². The largest absolute Gasteiger partial charge is 0.455 e. The van der Waals surface area contributed by atoms with Gasteiger partial charge < -0.3 is 15.0 Å². The number of benzene rings is 1. The summed E-state index contributed by atoms with van der Waals surface area (Å²) in [5.74, 6) is -0.479. The highest BCUT2D eigenvalue weighted by Gasteiger charge is 2.22. The van der Waals surface area contributed by atoms with Crippen molar-refractivity contribution >= 4 is 29.5 Å². The lowest BCUT2D eigenvalue weighted by Crippen LogP contribution is -2.39. The molecule has 7 heteroatoms. The minimum absolute atomic E-state index is 0.0409. The number of carbonyl (C=O) groups excluding carboxylic acids is 3. The van der Waals surface area contributed by atoms with Gasteiger partial charge in [0, 0.05) is 13.1 Å². The number of esters is 1. The summed E-state index contributed by atoms with van der Waals surface area (Å²) < 4.78 is 5.00. The van der Waals surface area contributed by atoms with Crippen LogP contribution in [0.25, 0.3) is 0 Å². The summed E-state index contributed by atoms with van der Waals surface area (Å²) in [7, 11) is 1.84. The molecule has 1 saturated carbocycles. The van der Waals surface area contributed by atoms with E-state index in [1.807, 2.05) is 49.2 Å². The molecule has 0 saturated heterocycles. The lowest BCUT2D eigenvalue weighted by Gasteiger charge is -2.31. The normalized spacial score (nSPS) is 15.5.